The van der Waals surface area contributed by atoms with Crippen LogP contribution in [0.5, 0.6) is 0 Å². The monoisotopic (exact) mass is 214 g/mol. The van der Waals surface area contributed by atoms with E-state index >= 15 is 0 Å². The van der Waals surface area contributed by atoms with Crippen molar-refractivity contribution in [1.29, 1.82) is 0 Å². The average molecular weight is 214 g/mol. The van der Waals surface area contributed by atoms with Gasteiger partial charge in [-0.3, -0.25) is 4.98 Å². The average Bonchev–Trinajstić information content (AvgIpc) is 2.66. The highest BCUT2D eigenvalue weighted by Gasteiger charge is 2.03. The van der Waals surface area contributed by atoms with E-state index in [2.05, 4.69) is 40.8 Å². The number of hydrogen-bond donors (Lipinski definition) is 2. The number of H-pyrrole nitrogens is 1. The Morgan fingerprint density at radius 3 is 2.93 bits per heavy atom. The summed E-state index contributed by atoms with van der Waals surface area (Å²) in [5.74, 6) is 0.767. The molecule has 2 heterocycles. The number of benzene rings is 1. The van der Waals surface area contributed by atoms with Gasteiger partial charge in [-0.1, -0.05) is 12.1 Å². The van der Waals surface area contributed by atoms with E-state index in [1.165, 1.54) is 16.3 Å². The number of fused-ring (bicyclic) bond motifs is 3. The van der Waals surface area contributed by atoms with Gasteiger partial charge in [0.25, 0.3) is 0 Å². The molecule has 2 aromatic heterocycles. The first-order valence-electron chi connectivity index (χ1n) is 4.83. The number of thiol groups is 1. The van der Waals surface area contributed by atoms with Crippen molar-refractivity contribution in [3.05, 3.63) is 42.2 Å². The molecule has 3 aromatic rings. The Kier molecular flexibility index (Phi) is 1.92. The number of nitrogens with one attached hydrogen (secondary N) is 1. The highest BCUT2D eigenvalue weighted by atomic mass is 32.1. The lowest BCUT2D eigenvalue weighted by atomic mass is 10.1. The summed E-state index contributed by atoms with van der Waals surface area (Å²) in [6.45, 7) is 0. The van der Waals surface area contributed by atoms with E-state index in [4.69, 9.17) is 0 Å². The standard InChI is InChI=1S/C12H10N2S/c15-7-8-1-2-9-10-6-13-4-3-11(10)14-12(9)5-8/h1-6,14-15H,7H2. The van der Waals surface area contributed by atoms with Crippen molar-refractivity contribution >= 4 is 34.4 Å². The Bertz CT molecular complexity index is 628. The Balaban J connectivity index is 2.43. The van der Waals surface area contributed by atoms with Crippen molar-refractivity contribution in [3.63, 3.8) is 0 Å². The van der Waals surface area contributed by atoms with Gasteiger partial charge >= 0.3 is 0 Å². The van der Waals surface area contributed by atoms with Gasteiger partial charge < -0.3 is 4.98 Å². The van der Waals surface area contributed by atoms with Crippen molar-refractivity contribution < 1.29 is 0 Å². The first kappa shape index (κ1) is 8.80. The van der Waals surface area contributed by atoms with E-state index in [0.717, 1.165) is 16.8 Å². The van der Waals surface area contributed by atoms with Crippen LogP contribution in [0, 0.1) is 0 Å². The maximum absolute atomic E-state index is 4.27. The molecule has 0 saturated carbocycles. The summed E-state index contributed by atoms with van der Waals surface area (Å²) in [6, 6.07) is 8.37. The fourth-order valence-electron chi connectivity index (χ4n) is 1.89. The van der Waals surface area contributed by atoms with Gasteiger partial charge in [-0.05, 0) is 17.7 Å². The topological polar surface area (TPSA) is 28.7 Å². The maximum atomic E-state index is 4.27. The fourth-order valence-corrected chi connectivity index (χ4v) is 2.09. The molecule has 15 heavy (non-hydrogen) atoms. The Hall–Kier alpha value is -1.48. The van der Waals surface area contributed by atoms with E-state index in [1.807, 2.05) is 12.3 Å². The molecule has 1 N–H and O–H groups in total. The zero-order valence-corrected chi connectivity index (χ0v) is 8.96. The summed E-state index contributed by atoms with van der Waals surface area (Å²) < 4.78 is 0. The number of aromatic amines is 1. The fraction of sp³-hybridized carbons (Fsp3) is 0.0833. The highest BCUT2D eigenvalue weighted by Crippen LogP contribution is 2.25. The first-order chi connectivity index (χ1) is 7.38. The number of nitrogens with zero attached hydrogens (tertiary/aromatic N) is 1. The SMILES string of the molecule is SCc1ccc2c(c1)[nH]c1ccncc12. The van der Waals surface area contributed by atoms with Crippen molar-refractivity contribution in [3.8, 4) is 0 Å². The van der Waals surface area contributed by atoms with Crippen LogP contribution in [0.1, 0.15) is 5.56 Å². The molecule has 3 rings (SSSR count). The van der Waals surface area contributed by atoms with Crippen LogP contribution >= 0.6 is 12.6 Å². The van der Waals surface area contributed by atoms with Crippen LogP contribution in [0.2, 0.25) is 0 Å². The van der Waals surface area contributed by atoms with E-state index in [0.29, 0.717) is 0 Å². The third kappa shape index (κ3) is 1.31. The van der Waals surface area contributed by atoms with Crippen LogP contribution in [0.3, 0.4) is 0 Å². The predicted molar refractivity (Wildman–Crippen MR) is 66.3 cm³/mol. The van der Waals surface area contributed by atoms with Crippen LogP contribution in [-0.4, -0.2) is 9.97 Å². The van der Waals surface area contributed by atoms with Gasteiger partial charge in [-0.15, -0.1) is 0 Å². The summed E-state index contributed by atoms with van der Waals surface area (Å²) in [4.78, 5) is 7.52. The molecule has 0 bridgehead atoms. The molecular formula is C12H10N2S. The Morgan fingerprint density at radius 2 is 2.07 bits per heavy atom. The second-order valence-corrected chi connectivity index (χ2v) is 3.90. The summed E-state index contributed by atoms with van der Waals surface area (Å²) >= 11 is 4.27. The third-order valence-corrected chi connectivity index (χ3v) is 3.01. The van der Waals surface area contributed by atoms with Crippen molar-refractivity contribution in [2.45, 2.75) is 5.75 Å². The molecular weight excluding hydrogens is 204 g/mol. The lowest BCUT2D eigenvalue weighted by Crippen LogP contribution is -1.76. The predicted octanol–water partition coefficient (Wildman–Crippen LogP) is 3.15. The molecule has 0 unspecified atom stereocenters. The molecule has 2 nitrogen and oxygen atoms in total. The second-order valence-electron chi connectivity index (χ2n) is 3.58. The maximum Gasteiger partial charge on any atom is 0.0495 e. The quantitative estimate of drug-likeness (QED) is 0.598. The summed E-state index contributed by atoms with van der Waals surface area (Å²) in [5, 5.41) is 2.40. The number of pyridine rings is 1. The van der Waals surface area contributed by atoms with Crippen molar-refractivity contribution in [2.75, 3.05) is 0 Å². The second kappa shape index (κ2) is 3.28. The molecule has 0 aliphatic rings. The van der Waals surface area contributed by atoms with Gasteiger partial charge in [0, 0.05) is 40.0 Å². The van der Waals surface area contributed by atoms with Crippen LogP contribution in [0.15, 0.2) is 36.7 Å². The minimum Gasteiger partial charge on any atom is -0.354 e. The molecule has 0 radical (unpaired) electrons. The van der Waals surface area contributed by atoms with Gasteiger partial charge in [0.1, 0.15) is 0 Å². The minimum atomic E-state index is 0.767. The van der Waals surface area contributed by atoms with Gasteiger partial charge in [-0.25, -0.2) is 0 Å². The summed E-state index contributed by atoms with van der Waals surface area (Å²) in [5.41, 5.74) is 3.52. The van der Waals surface area contributed by atoms with Gasteiger partial charge in [-0.2, -0.15) is 12.6 Å². The summed E-state index contributed by atoms with van der Waals surface area (Å²) in [6.07, 6.45) is 3.70. The number of aromatic nitrogens is 2. The van der Waals surface area contributed by atoms with Crippen LogP contribution in [-0.2, 0) is 5.75 Å². The number of hydrogen-bond acceptors (Lipinski definition) is 2. The van der Waals surface area contributed by atoms with Crippen LogP contribution in [0.25, 0.3) is 21.8 Å². The van der Waals surface area contributed by atoms with Crippen LogP contribution in [0.4, 0.5) is 0 Å². The smallest absolute Gasteiger partial charge is 0.0495 e. The van der Waals surface area contributed by atoms with Gasteiger partial charge in [0.15, 0.2) is 0 Å². The molecule has 0 fully saturated rings. The lowest BCUT2D eigenvalue weighted by molar-refractivity contribution is 1.36. The Labute approximate surface area is 92.7 Å². The summed E-state index contributed by atoms with van der Waals surface area (Å²) in [7, 11) is 0. The molecule has 74 valence electrons. The third-order valence-electron chi connectivity index (χ3n) is 2.65. The molecule has 0 spiro atoms. The zero-order valence-electron chi connectivity index (χ0n) is 8.07. The van der Waals surface area contributed by atoms with E-state index in [9.17, 15) is 0 Å². The van der Waals surface area contributed by atoms with Crippen LogP contribution < -0.4 is 0 Å². The number of rotatable bonds is 1. The van der Waals surface area contributed by atoms with E-state index in [1.54, 1.807) is 6.20 Å². The van der Waals surface area contributed by atoms with Gasteiger partial charge in [0.05, 0.1) is 0 Å². The highest BCUT2D eigenvalue weighted by molar-refractivity contribution is 7.79. The van der Waals surface area contributed by atoms with Crippen molar-refractivity contribution in [1.82, 2.24) is 9.97 Å². The van der Waals surface area contributed by atoms with E-state index in [-0.39, 0.29) is 0 Å². The zero-order chi connectivity index (χ0) is 10.3. The largest absolute Gasteiger partial charge is 0.354 e. The minimum absolute atomic E-state index is 0.767. The molecule has 0 amide bonds. The molecule has 3 heteroatoms. The van der Waals surface area contributed by atoms with Gasteiger partial charge in [0.2, 0.25) is 0 Å². The van der Waals surface area contributed by atoms with Crippen molar-refractivity contribution in [2.24, 2.45) is 0 Å². The lowest BCUT2D eigenvalue weighted by Gasteiger charge is -1.95. The molecule has 0 saturated heterocycles. The Morgan fingerprint density at radius 1 is 1.13 bits per heavy atom. The van der Waals surface area contributed by atoms with E-state index < -0.39 is 0 Å². The molecule has 0 aliphatic heterocycles. The molecule has 0 aliphatic carbocycles. The molecule has 0 atom stereocenters. The first-order valence-corrected chi connectivity index (χ1v) is 5.47. The molecule has 1 aromatic carbocycles. The normalized spacial score (nSPS) is 11.3.